The SMILES string of the molecule is CCCC[C@@H](CC)CNS(=O)(=O)c1ccc(F)cc1. The lowest BCUT2D eigenvalue weighted by Gasteiger charge is -2.15. The molecule has 1 N–H and O–H groups in total. The van der Waals surface area contributed by atoms with E-state index >= 15 is 0 Å². The van der Waals surface area contributed by atoms with Gasteiger partial charge in [-0.2, -0.15) is 0 Å². The highest BCUT2D eigenvalue weighted by Gasteiger charge is 2.16. The van der Waals surface area contributed by atoms with Crippen molar-refractivity contribution in [1.82, 2.24) is 4.72 Å². The van der Waals surface area contributed by atoms with E-state index in [0.29, 0.717) is 12.5 Å². The maximum absolute atomic E-state index is 12.8. The van der Waals surface area contributed by atoms with Crippen LogP contribution >= 0.6 is 0 Å². The van der Waals surface area contributed by atoms with Crippen LogP contribution in [0.2, 0.25) is 0 Å². The van der Waals surface area contributed by atoms with Crippen LogP contribution in [0.15, 0.2) is 29.2 Å². The van der Waals surface area contributed by atoms with Crippen molar-refractivity contribution in [3.05, 3.63) is 30.1 Å². The number of nitrogens with one attached hydrogen (secondary N) is 1. The molecule has 0 aliphatic carbocycles. The van der Waals surface area contributed by atoms with Gasteiger partial charge in [0.2, 0.25) is 10.0 Å². The molecule has 108 valence electrons. The Hall–Kier alpha value is -0.940. The third-order valence-corrected chi connectivity index (χ3v) is 4.67. The predicted octanol–water partition coefficient (Wildman–Crippen LogP) is 3.32. The second kappa shape index (κ2) is 7.60. The maximum atomic E-state index is 12.8. The van der Waals surface area contributed by atoms with Crippen LogP contribution in [0.3, 0.4) is 0 Å². The van der Waals surface area contributed by atoms with Crippen molar-refractivity contribution in [2.75, 3.05) is 6.54 Å². The van der Waals surface area contributed by atoms with Gasteiger partial charge < -0.3 is 0 Å². The highest BCUT2D eigenvalue weighted by Crippen LogP contribution is 2.14. The van der Waals surface area contributed by atoms with E-state index in [4.69, 9.17) is 0 Å². The smallest absolute Gasteiger partial charge is 0.211 e. The summed E-state index contributed by atoms with van der Waals surface area (Å²) in [5.41, 5.74) is 0. The fourth-order valence-electron chi connectivity index (χ4n) is 1.87. The number of unbranched alkanes of at least 4 members (excludes halogenated alkanes) is 1. The lowest BCUT2D eigenvalue weighted by Crippen LogP contribution is -2.29. The number of rotatable bonds is 8. The molecular formula is C14H22FNO2S. The molecule has 19 heavy (non-hydrogen) atoms. The van der Waals surface area contributed by atoms with E-state index in [2.05, 4.69) is 18.6 Å². The zero-order chi connectivity index (χ0) is 14.3. The van der Waals surface area contributed by atoms with Gasteiger partial charge in [-0.1, -0.05) is 33.1 Å². The van der Waals surface area contributed by atoms with Crippen molar-refractivity contribution in [1.29, 1.82) is 0 Å². The monoisotopic (exact) mass is 287 g/mol. The molecule has 0 fully saturated rings. The molecule has 0 aliphatic rings. The molecule has 0 radical (unpaired) electrons. The van der Waals surface area contributed by atoms with Crippen LogP contribution in [-0.4, -0.2) is 15.0 Å². The van der Waals surface area contributed by atoms with Crippen molar-refractivity contribution < 1.29 is 12.8 Å². The summed E-state index contributed by atoms with van der Waals surface area (Å²) in [6.07, 6.45) is 4.20. The third kappa shape index (κ3) is 5.28. The van der Waals surface area contributed by atoms with Gasteiger partial charge in [-0.3, -0.25) is 0 Å². The van der Waals surface area contributed by atoms with Gasteiger partial charge in [0.1, 0.15) is 5.82 Å². The summed E-state index contributed by atoms with van der Waals surface area (Å²) in [5.74, 6) is -0.0801. The van der Waals surface area contributed by atoms with E-state index in [1.54, 1.807) is 0 Å². The molecule has 1 atom stereocenters. The molecule has 0 spiro atoms. The van der Waals surface area contributed by atoms with E-state index < -0.39 is 15.8 Å². The first-order valence-corrected chi connectivity index (χ1v) is 8.23. The Kier molecular flexibility index (Phi) is 6.45. The number of halogens is 1. The Morgan fingerprint density at radius 2 is 1.84 bits per heavy atom. The fourth-order valence-corrected chi connectivity index (χ4v) is 2.98. The molecule has 5 heteroatoms. The largest absolute Gasteiger partial charge is 0.240 e. The maximum Gasteiger partial charge on any atom is 0.240 e. The van der Waals surface area contributed by atoms with Crippen LogP contribution in [0.5, 0.6) is 0 Å². The third-order valence-electron chi connectivity index (χ3n) is 3.23. The van der Waals surface area contributed by atoms with Crippen LogP contribution in [0.4, 0.5) is 4.39 Å². The van der Waals surface area contributed by atoms with E-state index in [1.165, 1.54) is 12.1 Å². The average molecular weight is 287 g/mol. The van der Waals surface area contributed by atoms with Crippen LogP contribution in [0.25, 0.3) is 0 Å². The fraction of sp³-hybridized carbons (Fsp3) is 0.571. The standard InChI is InChI=1S/C14H22FNO2S/c1-3-5-6-12(4-2)11-16-19(17,18)14-9-7-13(15)8-10-14/h7-10,12,16H,3-6,11H2,1-2H3/t12-/m1/s1. The molecule has 3 nitrogen and oxygen atoms in total. The zero-order valence-corrected chi connectivity index (χ0v) is 12.3. The van der Waals surface area contributed by atoms with Gasteiger partial charge in [-0.15, -0.1) is 0 Å². The molecule has 0 bridgehead atoms. The summed E-state index contributed by atoms with van der Waals surface area (Å²) >= 11 is 0. The van der Waals surface area contributed by atoms with E-state index in [1.807, 2.05) is 0 Å². The topological polar surface area (TPSA) is 46.2 Å². The molecule has 1 aromatic rings. The van der Waals surface area contributed by atoms with Crippen molar-refractivity contribution in [2.24, 2.45) is 5.92 Å². The first-order chi connectivity index (χ1) is 8.99. The molecule has 0 amide bonds. The van der Waals surface area contributed by atoms with Gasteiger partial charge in [0.05, 0.1) is 4.90 Å². The Morgan fingerprint density at radius 3 is 2.37 bits per heavy atom. The summed E-state index contributed by atoms with van der Waals surface area (Å²) in [5, 5.41) is 0. The lowest BCUT2D eigenvalue weighted by atomic mass is 10.00. The highest BCUT2D eigenvalue weighted by molar-refractivity contribution is 7.89. The second-order valence-electron chi connectivity index (χ2n) is 4.72. The Morgan fingerprint density at radius 1 is 1.21 bits per heavy atom. The molecule has 0 saturated heterocycles. The first kappa shape index (κ1) is 16.1. The average Bonchev–Trinajstić information content (AvgIpc) is 2.39. The van der Waals surface area contributed by atoms with E-state index in [-0.39, 0.29) is 4.90 Å². The van der Waals surface area contributed by atoms with Crippen molar-refractivity contribution in [3.63, 3.8) is 0 Å². The van der Waals surface area contributed by atoms with Gasteiger partial charge in [0.15, 0.2) is 0 Å². The van der Waals surface area contributed by atoms with Gasteiger partial charge in [-0.05, 0) is 36.6 Å². The molecule has 1 rings (SSSR count). The minimum atomic E-state index is -3.52. The Labute approximate surface area is 115 Å². The van der Waals surface area contributed by atoms with Crippen molar-refractivity contribution in [2.45, 2.75) is 44.4 Å². The van der Waals surface area contributed by atoms with Crippen LogP contribution < -0.4 is 4.72 Å². The van der Waals surface area contributed by atoms with Gasteiger partial charge in [0, 0.05) is 6.54 Å². The normalized spacial score (nSPS) is 13.4. The summed E-state index contributed by atoms with van der Waals surface area (Å²) < 4.78 is 39.4. The quantitative estimate of drug-likeness (QED) is 0.797. The minimum Gasteiger partial charge on any atom is -0.211 e. The molecule has 0 heterocycles. The molecule has 1 aromatic carbocycles. The minimum absolute atomic E-state index is 0.110. The zero-order valence-electron chi connectivity index (χ0n) is 11.5. The molecule has 0 aliphatic heterocycles. The predicted molar refractivity (Wildman–Crippen MR) is 74.9 cm³/mol. The number of benzene rings is 1. The van der Waals surface area contributed by atoms with Crippen molar-refractivity contribution >= 4 is 10.0 Å². The van der Waals surface area contributed by atoms with Crippen LogP contribution in [0, 0.1) is 11.7 Å². The van der Waals surface area contributed by atoms with Crippen LogP contribution in [-0.2, 0) is 10.0 Å². The molecule has 0 aromatic heterocycles. The Bertz CT molecular complexity index is 471. The second-order valence-corrected chi connectivity index (χ2v) is 6.49. The first-order valence-electron chi connectivity index (χ1n) is 6.74. The van der Waals surface area contributed by atoms with Gasteiger partial charge in [-0.25, -0.2) is 17.5 Å². The van der Waals surface area contributed by atoms with E-state index in [0.717, 1.165) is 37.8 Å². The highest BCUT2D eigenvalue weighted by atomic mass is 32.2. The van der Waals surface area contributed by atoms with Crippen molar-refractivity contribution in [3.8, 4) is 0 Å². The summed E-state index contributed by atoms with van der Waals surface area (Å²) in [6.45, 7) is 4.62. The number of hydrogen-bond donors (Lipinski definition) is 1. The molecular weight excluding hydrogens is 265 g/mol. The summed E-state index contributed by atoms with van der Waals surface area (Å²) in [4.78, 5) is 0.110. The molecule has 0 unspecified atom stereocenters. The van der Waals surface area contributed by atoms with Gasteiger partial charge in [0.25, 0.3) is 0 Å². The summed E-state index contributed by atoms with van der Waals surface area (Å²) in [7, 11) is -3.52. The molecule has 0 saturated carbocycles. The number of sulfonamides is 1. The lowest BCUT2D eigenvalue weighted by molar-refractivity contribution is 0.443. The van der Waals surface area contributed by atoms with Gasteiger partial charge >= 0.3 is 0 Å². The van der Waals surface area contributed by atoms with E-state index in [9.17, 15) is 12.8 Å². The Balaban J connectivity index is 2.61. The summed E-state index contributed by atoms with van der Waals surface area (Å²) in [6, 6.07) is 4.88. The number of hydrogen-bond acceptors (Lipinski definition) is 2. The van der Waals surface area contributed by atoms with Crippen LogP contribution in [0.1, 0.15) is 39.5 Å².